The number of halogens is 1. The van der Waals surface area contributed by atoms with Crippen LogP contribution < -0.4 is 0 Å². The Kier molecular flexibility index (Phi) is 4.00. The summed E-state index contributed by atoms with van der Waals surface area (Å²) in [5.74, 6) is -1.58. The van der Waals surface area contributed by atoms with Crippen molar-refractivity contribution in [1.82, 2.24) is 4.98 Å². The number of carboxylic acids is 1. The van der Waals surface area contributed by atoms with Gasteiger partial charge in [-0.2, -0.15) is 0 Å². The molecule has 5 nitrogen and oxygen atoms in total. The molecule has 0 saturated heterocycles. The number of hydrogen-bond acceptors (Lipinski definition) is 4. The van der Waals surface area contributed by atoms with E-state index in [9.17, 15) is 9.59 Å². The molecule has 0 radical (unpaired) electrons. The Bertz CT molecular complexity index is 667. The number of carbonyl (C=O) groups excluding carboxylic acids is 1. The van der Waals surface area contributed by atoms with E-state index in [0.717, 1.165) is 5.56 Å². The Morgan fingerprint density at radius 1 is 1.20 bits per heavy atom. The number of esters is 1. The first-order valence-electron chi connectivity index (χ1n) is 5.60. The molecule has 0 aliphatic rings. The zero-order valence-electron chi connectivity index (χ0n) is 10.5. The summed E-state index contributed by atoms with van der Waals surface area (Å²) in [5, 5.41) is 8.94. The van der Waals surface area contributed by atoms with E-state index >= 15 is 0 Å². The fourth-order valence-corrected chi connectivity index (χ4v) is 1.86. The molecule has 0 amide bonds. The van der Waals surface area contributed by atoms with Crippen LogP contribution in [0.5, 0.6) is 0 Å². The number of pyridine rings is 1. The van der Waals surface area contributed by atoms with E-state index in [4.69, 9.17) is 16.7 Å². The molecule has 0 fully saturated rings. The molecule has 0 atom stereocenters. The summed E-state index contributed by atoms with van der Waals surface area (Å²) < 4.78 is 4.60. The summed E-state index contributed by atoms with van der Waals surface area (Å²) in [5.41, 5.74) is 1.67. The van der Waals surface area contributed by atoms with Crippen LogP contribution in [0.4, 0.5) is 0 Å². The number of rotatable bonds is 3. The van der Waals surface area contributed by atoms with E-state index in [2.05, 4.69) is 9.72 Å². The molecule has 6 heteroatoms. The van der Waals surface area contributed by atoms with Crippen LogP contribution in [0.2, 0.25) is 5.15 Å². The van der Waals surface area contributed by atoms with Gasteiger partial charge >= 0.3 is 11.9 Å². The maximum absolute atomic E-state index is 11.3. The zero-order chi connectivity index (χ0) is 14.7. The first-order valence-corrected chi connectivity index (χ1v) is 5.98. The third-order valence-corrected chi connectivity index (χ3v) is 3.01. The average molecular weight is 292 g/mol. The van der Waals surface area contributed by atoms with Crippen LogP contribution in [0.1, 0.15) is 20.7 Å². The van der Waals surface area contributed by atoms with Gasteiger partial charge in [-0.05, 0) is 23.8 Å². The second-order valence-corrected chi connectivity index (χ2v) is 4.29. The highest BCUT2D eigenvalue weighted by atomic mass is 35.5. The molecule has 1 heterocycles. The zero-order valence-corrected chi connectivity index (χ0v) is 11.2. The molecule has 1 aromatic carbocycles. The van der Waals surface area contributed by atoms with Gasteiger partial charge in [0.1, 0.15) is 5.15 Å². The van der Waals surface area contributed by atoms with Crippen molar-refractivity contribution in [2.45, 2.75) is 0 Å². The van der Waals surface area contributed by atoms with Crippen molar-refractivity contribution in [2.75, 3.05) is 7.11 Å². The van der Waals surface area contributed by atoms with E-state index in [0.29, 0.717) is 11.1 Å². The third kappa shape index (κ3) is 2.78. The highest BCUT2D eigenvalue weighted by molar-refractivity contribution is 6.32. The molecule has 2 aromatic rings. The average Bonchev–Trinajstić information content (AvgIpc) is 2.47. The second kappa shape index (κ2) is 5.71. The number of nitrogens with zero attached hydrogens (tertiary/aromatic N) is 1. The van der Waals surface area contributed by atoms with E-state index in [1.165, 1.54) is 19.4 Å². The summed E-state index contributed by atoms with van der Waals surface area (Å²) in [6.07, 6.45) is 1.47. The first-order chi connectivity index (χ1) is 9.52. The maximum atomic E-state index is 11.3. The summed E-state index contributed by atoms with van der Waals surface area (Å²) in [4.78, 5) is 26.2. The summed E-state index contributed by atoms with van der Waals surface area (Å²) in [6.45, 7) is 0. The van der Waals surface area contributed by atoms with Gasteiger partial charge in [-0.25, -0.2) is 14.6 Å². The number of ether oxygens (including phenoxy) is 1. The monoisotopic (exact) mass is 291 g/mol. The van der Waals surface area contributed by atoms with Crippen LogP contribution in [-0.2, 0) is 4.74 Å². The highest BCUT2D eigenvalue weighted by Gasteiger charge is 2.12. The van der Waals surface area contributed by atoms with Crippen LogP contribution in [0.25, 0.3) is 11.1 Å². The first kappa shape index (κ1) is 14.0. The van der Waals surface area contributed by atoms with Crippen LogP contribution in [0, 0.1) is 0 Å². The molecular weight excluding hydrogens is 282 g/mol. The van der Waals surface area contributed by atoms with Crippen molar-refractivity contribution in [3.63, 3.8) is 0 Å². The lowest BCUT2D eigenvalue weighted by Gasteiger charge is -2.05. The largest absolute Gasteiger partial charge is 0.478 e. The second-order valence-electron chi connectivity index (χ2n) is 3.94. The number of carbonyl (C=O) groups is 2. The Morgan fingerprint density at radius 2 is 1.85 bits per heavy atom. The van der Waals surface area contributed by atoms with E-state index in [1.807, 2.05) is 0 Å². The molecule has 1 N–H and O–H groups in total. The van der Waals surface area contributed by atoms with Crippen molar-refractivity contribution >= 4 is 23.5 Å². The lowest BCUT2D eigenvalue weighted by Crippen LogP contribution is -2.01. The molecule has 20 heavy (non-hydrogen) atoms. The van der Waals surface area contributed by atoms with Gasteiger partial charge in [0, 0.05) is 11.8 Å². The Morgan fingerprint density at radius 3 is 2.40 bits per heavy atom. The van der Waals surface area contributed by atoms with Crippen molar-refractivity contribution in [1.29, 1.82) is 0 Å². The highest BCUT2D eigenvalue weighted by Crippen LogP contribution is 2.23. The third-order valence-electron chi connectivity index (χ3n) is 2.71. The molecule has 0 unspecified atom stereocenters. The van der Waals surface area contributed by atoms with E-state index in [1.54, 1.807) is 24.3 Å². The van der Waals surface area contributed by atoms with Gasteiger partial charge in [0.25, 0.3) is 0 Å². The minimum absolute atomic E-state index is 0.0626. The summed E-state index contributed by atoms with van der Waals surface area (Å²) >= 11 is 5.71. The molecule has 1 aromatic heterocycles. The quantitative estimate of drug-likeness (QED) is 0.695. The van der Waals surface area contributed by atoms with Crippen molar-refractivity contribution < 1.29 is 19.4 Å². The standard InChI is InChI=1S/C14H10ClNO4/c1-20-14(19)9-4-2-8(3-5-9)10-6-11(13(17)18)12(15)16-7-10/h2-7H,1H3,(H,17,18). The smallest absolute Gasteiger partial charge is 0.338 e. The number of benzene rings is 1. The van der Waals surface area contributed by atoms with Gasteiger partial charge in [-0.15, -0.1) is 0 Å². The topological polar surface area (TPSA) is 76.5 Å². The fraction of sp³-hybridized carbons (Fsp3) is 0.0714. The molecule has 0 saturated carbocycles. The van der Waals surface area contributed by atoms with Gasteiger partial charge in [0.15, 0.2) is 0 Å². The number of methoxy groups -OCH3 is 1. The predicted octanol–water partition coefficient (Wildman–Crippen LogP) is 2.89. The minimum Gasteiger partial charge on any atom is -0.478 e. The van der Waals surface area contributed by atoms with Crippen molar-refractivity contribution in [3.05, 3.63) is 52.8 Å². The van der Waals surface area contributed by atoms with Crippen LogP contribution >= 0.6 is 11.6 Å². The Balaban J connectivity index is 2.39. The molecular formula is C14H10ClNO4. The normalized spacial score (nSPS) is 10.1. The summed E-state index contributed by atoms with van der Waals surface area (Å²) in [6, 6.07) is 7.99. The van der Waals surface area contributed by atoms with Gasteiger partial charge in [-0.1, -0.05) is 23.7 Å². The number of carboxylic acid groups (broad SMARTS) is 1. The maximum Gasteiger partial charge on any atom is 0.338 e. The summed E-state index contributed by atoms with van der Waals surface area (Å²) in [7, 11) is 1.30. The van der Waals surface area contributed by atoms with Crippen LogP contribution in [-0.4, -0.2) is 29.1 Å². The van der Waals surface area contributed by atoms with Gasteiger partial charge in [0.2, 0.25) is 0 Å². The molecule has 0 bridgehead atoms. The van der Waals surface area contributed by atoms with Gasteiger partial charge in [0.05, 0.1) is 18.2 Å². The predicted molar refractivity (Wildman–Crippen MR) is 73.0 cm³/mol. The van der Waals surface area contributed by atoms with Gasteiger partial charge < -0.3 is 9.84 Å². The van der Waals surface area contributed by atoms with Crippen LogP contribution in [0.3, 0.4) is 0 Å². The van der Waals surface area contributed by atoms with E-state index < -0.39 is 11.9 Å². The fourth-order valence-electron chi connectivity index (χ4n) is 1.67. The number of hydrogen-bond donors (Lipinski definition) is 1. The SMILES string of the molecule is COC(=O)c1ccc(-c2cnc(Cl)c(C(=O)O)c2)cc1. The van der Waals surface area contributed by atoms with Gasteiger partial charge in [-0.3, -0.25) is 0 Å². The molecule has 2 rings (SSSR count). The van der Waals surface area contributed by atoms with E-state index in [-0.39, 0.29) is 10.7 Å². The Hall–Kier alpha value is -2.40. The number of aromatic carboxylic acids is 1. The Labute approximate surface area is 119 Å². The lowest BCUT2D eigenvalue weighted by atomic mass is 10.0. The van der Waals surface area contributed by atoms with Crippen LogP contribution in [0.15, 0.2) is 36.5 Å². The molecule has 0 spiro atoms. The molecule has 0 aliphatic heterocycles. The number of aromatic nitrogens is 1. The van der Waals surface area contributed by atoms with Crippen molar-refractivity contribution in [3.8, 4) is 11.1 Å². The molecule has 0 aliphatic carbocycles. The van der Waals surface area contributed by atoms with Crippen molar-refractivity contribution in [2.24, 2.45) is 0 Å². The minimum atomic E-state index is -1.14. The molecule has 102 valence electrons. The lowest BCUT2D eigenvalue weighted by molar-refractivity contribution is 0.0600.